The largest absolute Gasteiger partial charge is 0.455 e. The van der Waals surface area contributed by atoms with E-state index < -0.39 is 0 Å². The lowest BCUT2D eigenvalue weighted by atomic mass is 9.81. The molecule has 1 aliphatic rings. The van der Waals surface area contributed by atoms with E-state index in [9.17, 15) is 0 Å². The third-order valence-corrected chi connectivity index (χ3v) is 13.4. The Morgan fingerprint density at radius 1 is 0.355 bits per heavy atom. The van der Waals surface area contributed by atoms with Gasteiger partial charge in [-0.05, 0) is 134 Å². The molecule has 14 rings (SSSR count). The summed E-state index contributed by atoms with van der Waals surface area (Å²) in [5, 5.41) is 20.5. The van der Waals surface area contributed by atoms with Crippen LogP contribution in [0.15, 0.2) is 191 Å². The molecule has 4 heteroatoms. The quantitative estimate of drug-likeness (QED) is 0.187. The highest BCUT2D eigenvalue weighted by molar-refractivity contribution is 6.21. The second kappa shape index (κ2) is 12.4. The van der Waals surface area contributed by atoms with Crippen LogP contribution in [0.5, 0.6) is 0 Å². The smallest absolute Gasteiger partial charge is 0.143 e. The number of fused-ring (bicyclic) bond motifs is 16. The number of aromatic amines is 1. The Morgan fingerprint density at radius 2 is 0.984 bits per heavy atom. The summed E-state index contributed by atoms with van der Waals surface area (Å²) in [4.78, 5) is 3.60. The van der Waals surface area contributed by atoms with Crippen molar-refractivity contribution in [2.45, 2.75) is 6.42 Å². The molecular formula is C58H34N2O2. The van der Waals surface area contributed by atoms with Gasteiger partial charge in [-0.15, -0.1) is 0 Å². The summed E-state index contributed by atoms with van der Waals surface area (Å²) in [5.41, 5.74) is 17.8. The first-order valence-corrected chi connectivity index (χ1v) is 21.2. The number of furan rings is 2. The van der Waals surface area contributed by atoms with Crippen molar-refractivity contribution in [1.29, 1.82) is 5.41 Å². The molecule has 4 nitrogen and oxygen atoms in total. The maximum Gasteiger partial charge on any atom is 0.143 e. The molecule has 0 amide bonds. The lowest BCUT2D eigenvalue weighted by Gasteiger charge is -2.22. The van der Waals surface area contributed by atoms with E-state index in [0.717, 1.165) is 104 Å². The van der Waals surface area contributed by atoms with Gasteiger partial charge in [0.2, 0.25) is 0 Å². The van der Waals surface area contributed by atoms with E-state index in [1.165, 1.54) is 38.4 Å². The molecule has 0 aliphatic heterocycles. The van der Waals surface area contributed by atoms with E-state index >= 15 is 0 Å². The van der Waals surface area contributed by atoms with Gasteiger partial charge in [-0.2, -0.15) is 0 Å². The molecule has 0 spiro atoms. The van der Waals surface area contributed by atoms with Crippen LogP contribution in [0.1, 0.15) is 11.1 Å². The molecule has 0 atom stereocenters. The van der Waals surface area contributed by atoms with E-state index in [-0.39, 0.29) is 0 Å². The third-order valence-electron chi connectivity index (χ3n) is 13.4. The van der Waals surface area contributed by atoms with Gasteiger partial charge in [0.25, 0.3) is 0 Å². The van der Waals surface area contributed by atoms with Crippen molar-refractivity contribution in [1.82, 2.24) is 4.98 Å². The normalized spacial score (nSPS) is 12.8. The zero-order valence-electron chi connectivity index (χ0n) is 33.3. The lowest BCUT2D eigenvalue weighted by Crippen LogP contribution is -2.12. The van der Waals surface area contributed by atoms with E-state index in [4.69, 9.17) is 14.2 Å². The van der Waals surface area contributed by atoms with Crippen LogP contribution in [-0.2, 0) is 6.42 Å². The summed E-state index contributed by atoms with van der Waals surface area (Å²) in [6.45, 7) is 0. The number of hydrogen-bond donors (Lipinski definition) is 2. The van der Waals surface area contributed by atoms with Crippen LogP contribution >= 0.6 is 0 Å². The number of benzene rings is 10. The molecular weight excluding hydrogens is 757 g/mol. The first-order chi connectivity index (χ1) is 30.6. The molecule has 0 unspecified atom stereocenters. The summed E-state index contributed by atoms with van der Waals surface area (Å²) in [6.07, 6.45) is 0.594. The van der Waals surface area contributed by atoms with Gasteiger partial charge in [0, 0.05) is 71.8 Å². The van der Waals surface area contributed by atoms with Gasteiger partial charge < -0.3 is 19.2 Å². The molecule has 1 aliphatic carbocycles. The maximum absolute atomic E-state index is 9.17. The number of para-hydroxylation sites is 1. The van der Waals surface area contributed by atoms with Gasteiger partial charge >= 0.3 is 0 Å². The van der Waals surface area contributed by atoms with Crippen molar-refractivity contribution in [3.63, 3.8) is 0 Å². The van der Waals surface area contributed by atoms with E-state index in [1.807, 2.05) is 6.07 Å². The molecule has 0 saturated heterocycles. The average molecular weight is 791 g/mol. The number of rotatable bonds is 3. The van der Waals surface area contributed by atoms with Gasteiger partial charge in [-0.1, -0.05) is 109 Å². The van der Waals surface area contributed by atoms with Crippen molar-refractivity contribution in [3.05, 3.63) is 193 Å². The molecule has 3 heterocycles. The van der Waals surface area contributed by atoms with Gasteiger partial charge in [0.05, 0.1) is 0 Å². The Morgan fingerprint density at radius 3 is 1.82 bits per heavy atom. The Kier molecular flexibility index (Phi) is 6.73. The number of nitrogens with one attached hydrogen (secondary N) is 2. The molecule has 288 valence electrons. The van der Waals surface area contributed by atoms with Crippen LogP contribution in [0.3, 0.4) is 0 Å². The number of aromatic nitrogens is 1. The molecule has 0 bridgehead atoms. The second-order valence-electron chi connectivity index (χ2n) is 16.9. The van der Waals surface area contributed by atoms with Crippen LogP contribution in [0.2, 0.25) is 0 Å². The van der Waals surface area contributed by atoms with Crippen molar-refractivity contribution >= 4 is 92.9 Å². The van der Waals surface area contributed by atoms with Crippen molar-refractivity contribution in [2.75, 3.05) is 0 Å². The molecule has 0 fully saturated rings. The van der Waals surface area contributed by atoms with E-state index in [0.29, 0.717) is 12.1 Å². The van der Waals surface area contributed by atoms with Gasteiger partial charge in [0.15, 0.2) is 0 Å². The molecule has 10 aromatic carbocycles. The van der Waals surface area contributed by atoms with Crippen LogP contribution in [0.4, 0.5) is 0 Å². The highest BCUT2D eigenvalue weighted by atomic mass is 16.3. The molecule has 13 aromatic rings. The fraction of sp³-hybridized carbons (Fsp3) is 0.0172. The summed E-state index contributed by atoms with van der Waals surface area (Å²) < 4.78 is 13.2. The summed E-state index contributed by atoms with van der Waals surface area (Å²) in [7, 11) is 0. The Balaban J connectivity index is 0.808. The van der Waals surface area contributed by atoms with Crippen LogP contribution in [0, 0.1) is 5.41 Å². The lowest BCUT2D eigenvalue weighted by molar-refractivity contribution is 0.672. The Bertz CT molecular complexity index is 4070. The minimum absolute atomic E-state index is 0.594. The predicted octanol–water partition coefficient (Wildman–Crippen LogP) is 16.0. The third kappa shape index (κ3) is 4.86. The summed E-state index contributed by atoms with van der Waals surface area (Å²) in [5.74, 6) is 0. The fourth-order valence-corrected chi connectivity index (χ4v) is 10.3. The zero-order chi connectivity index (χ0) is 40.6. The Hall–Kier alpha value is -8.21. The zero-order valence-corrected chi connectivity index (χ0v) is 33.3. The minimum Gasteiger partial charge on any atom is -0.455 e. The maximum atomic E-state index is 9.17. The van der Waals surface area contributed by atoms with Crippen molar-refractivity contribution in [3.8, 4) is 44.5 Å². The topological polar surface area (TPSA) is 65.9 Å². The number of hydrogen-bond acceptors (Lipinski definition) is 3. The van der Waals surface area contributed by atoms with E-state index in [2.05, 4.69) is 181 Å². The molecule has 62 heavy (non-hydrogen) atoms. The number of H-pyrrole nitrogens is 1. The van der Waals surface area contributed by atoms with Crippen molar-refractivity contribution in [2.24, 2.45) is 0 Å². The van der Waals surface area contributed by atoms with Crippen LogP contribution < -0.4 is 0 Å². The summed E-state index contributed by atoms with van der Waals surface area (Å²) in [6, 6.07) is 65.3. The second-order valence-corrected chi connectivity index (χ2v) is 16.9. The van der Waals surface area contributed by atoms with Gasteiger partial charge in [0.1, 0.15) is 22.3 Å². The SMILES string of the molecule is N=C1Cc2ccc(-c3ccc(-c4ccc5c(c4)oc4c6cc7[nH]c8ccccc8c7cc6ccc54)cc3)cc2-c2cc3ccc4c5cc(-c6ccccc6)ccc5oc4c3cc21. The van der Waals surface area contributed by atoms with Crippen LogP contribution in [0.25, 0.3) is 132 Å². The summed E-state index contributed by atoms with van der Waals surface area (Å²) >= 11 is 0. The first-order valence-electron chi connectivity index (χ1n) is 21.2. The first kappa shape index (κ1) is 33.6. The fourth-order valence-electron chi connectivity index (χ4n) is 10.3. The minimum atomic E-state index is 0.594. The Labute approximate surface area is 354 Å². The molecule has 2 N–H and O–H groups in total. The molecule has 0 saturated carbocycles. The molecule has 0 radical (unpaired) electrons. The van der Waals surface area contributed by atoms with Crippen molar-refractivity contribution < 1.29 is 8.83 Å². The van der Waals surface area contributed by atoms with E-state index in [1.54, 1.807) is 0 Å². The average Bonchev–Trinajstić information content (AvgIpc) is 4.01. The highest BCUT2D eigenvalue weighted by Gasteiger charge is 2.23. The standard InChI is InChI=1S/C58H34N2O2/c59-52-28-40-15-14-35(24-45(40)48-26-38-18-22-44-51-25-36(32-6-2-1-3-7-32)19-23-55(51)61-58(44)46(38)30-49(48)52)33-10-12-34(13-11-33)37-16-20-42-43-21-17-39-27-50-41-8-4-5-9-53(41)60-54(50)31-47(39)57(43)62-56(42)29-37/h1-27,29-31,59-60H,28H2. The van der Waals surface area contributed by atoms with Gasteiger partial charge in [-0.3, -0.25) is 0 Å². The molecule has 3 aromatic heterocycles. The highest BCUT2D eigenvalue weighted by Crippen LogP contribution is 2.43. The monoisotopic (exact) mass is 790 g/mol. The van der Waals surface area contributed by atoms with Crippen LogP contribution in [-0.4, -0.2) is 10.7 Å². The van der Waals surface area contributed by atoms with Gasteiger partial charge in [-0.25, -0.2) is 0 Å². The predicted molar refractivity (Wildman–Crippen MR) is 258 cm³/mol.